The summed E-state index contributed by atoms with van der Waals surface area (Å²) in [7, 11) is 0. The fourth-order valence-corrected chi connectivity index (χ4v) is 1.52. The highest BCUT2D eigenvalue weighted by atomic mass is 19.4. The molecule has 102 valence electrons. The van der Waals surface area contributed by atoms with E-state index in [9.17, 15) is 17.6 Å². The SMILES string of the molecule is CCC(F)(CN)Cc1ccc(OC(F)(F)F)cc1. The summed E-state index contributed by atoms with van der Waals surface area (Å²) in [5, 5.41) is 0. The molecule has 2 N–H and O–H groups in total. The molecule has 18 heavy (non-hydrogen) atoms. The Morgan fingerprint density at radius 2 is 1.67 bits per heavy atom. The van der Waals surface area contributed by atoms with Gasteiger partial charge in [-0.3, -0.25) is 0 Å². The monoisotopic (exact) mass is 265 g/mol. The lowest BCUT2D eigenvalue weighted by molar-refractivity contribution is -0.274. The molecule has 1 rings (SSSR count). The van der Waals surface area contributed by atoms with Gasteiger partial charge in [0.15, 0.2) is 0 Å². The van der Waals surface area contributed by atoms with E-state index in [0.717, 1.165) is 12.1 Å². The van der Waals surface area contributed by atoms with Gasteiger partial charge in [-0.25, -0.2) is 4.39 Å². The molecule has 0 radical (unpaired) electrons. The summed E-state index contributed by atoms with van der Waals surface area (Å²) < 4.78 is 53.5. The smallest absolute Gasteiger partial charge is 0.406 e. The van der Waals surface area contributed by atoms with Crippen LogP contribution >= 0.6 is 0 Å². The number of nitrogens with two attached hydrogens (primary N) is 1. The highest BCUT2D eigenvalue weighted by Gasteiger charge is 2.31. The Balaban J connectivity index is 2.71. The van der Waals surface area contributed by atoms with Gasteiger partial charge in [-0.1, -0.05) is 19.1 Å². The molecule has 0 aliphatic rings. The van der Waals surface area contributed by atoms with Crippen molar-refractivity contribution in [2.75, 3.05) is 6.54 Å². The molecule has 0 amide bonds. The molecule has 1 unspecified atom stereocenters. The summed E-state index contributed by atoms with van der Waals surface area (Å²) in [5.41, 5.74) is 4.39. The van der Waals surface area contributed by atoms with Crippen molar-refractivity contribution < 1.29 is 22.3 Å². The van der Waals surface area contributed by atoms with Crippen molar-refractivity contribution in [2.45, 2.75) is 31.8 Å². The van der Waals surface area contributed by atoms with Crippen LogP contribution in [-0.4, -0.2) is 18.6 Å². The average molecular weight is 265 g/mol. The minimum Gasteiger partial charge on any atom is -0.406 e. The van der Waals surface area contributed by atoms with Gasteiger partial charge in [0.2, 0.25) is 0 Å². The second-order valence-corrected chi connectivity index (χ2v) is 4.08. The number of hydrogen-bond acceptors (Lipinski definition) is 2. The molecule has 0 fully saturated rings. The van der Waals surface area contributed by atoms with Crippen LogP contribution < -0.4 is 10.5 Å². The zero-order valence-electron chi connectivity index (χ0n) is 9.93. The lowest BCUT2D eigenvalue weighted by atomic mass is 9.94. The molecule has 0 aromatic heterocycles. The molecular formula is C12H15F4NO. The van der Waals surface area contributed by atoms with E-state index in [1.165, 1.54) is 12.1 Å². The molecule has 1 aromatic rings. The summed E-state index contributed by atoms with van der Waals surface area (Å²) in [4.78, 5) is 0. The van der Waals surface area contributed by atoms with Crippen molar-refractivity contribution in [3.8, 4) is 5.75 Å². The standard InChI is InChI=1S/C12H15F4NO/c1-2-11(13,8-17)7-9-3-5-10(6-4-9)18-12(14,15)16/h3-6H,2,7-8,17H2,1H3. The van der Waals surface area contributed by atoms with Gasteiger partial charge in [0.05, 0.1) is 0 Å². The van der Waals surface area contributed by atoms with Crippen LogP contribution in [0.15, 0.2) is 24.3 Å². The van der Waals surface area contributed by atoms with Crippen molar-refractivity contribution in [2.24, 2.45) is 5.73 Å². The van der Waals surface area contributed by atoms with Crippen molar-refractivity contribution >= 4 is 0 Å². The van der Waals surface area contributed by atoms with Crippen LogP contribution in [0.25, 0.3) is 0 Å². The van der Waals surface area contributed by atoms with Crippen LogP contribution in [0.4, 0.5) is 17.6 Å². The second-order valence-electron chi connectivity index (χ2n) is 4.08. The topological polar surface area (TPSA) is 35.2 Å². The van der Waals surface area contributed by atoms with Gasteiger partial charge >= 0.3 is 6.36 Å². The first-order valence-corrected chi connectivity index (χ1v) is 5.52. The number of benzene rings is 1. The van der Waals surface area contributed by atoms with Crippen LogP contribution in [-0.2, 0) is 6.42 Å². The maximum absolute atomic E-state index is 14.0. The zero-order valence-corrected chi connectivity index (χ0v) is 9.93. The normalized spacial score (nSPS) is 15.2. The fraction of sp³-hybridized carbons (Fsp3) is 0.500. The van der Waals surface area contributed by atoms with E-state index in [1.54, 1.807) is 6.92 Å². The highest BCUT2D eigenvalue weighted by Crippen LogP contribution is 2.25. The van der Waals surface area contributed by atoms with Crippen molar-refractivity contribution in [3.63, 3.8) is 0 Å². The molecule has 0 saturated carbocycles. The second kappa shape index (κ2) is 5.56. The van der Waals surface area contributed by atoms with E-state index in [4.69, 9.17) is 5.73 Å². The maximum Gasteiger partial charge on any atom is 0.573 e. The molecular weight excluding hydrogens is 250 g/mol. The summed E-state index contributed by atoms with van der Waals surface area (Å²) in [6.45, 7) is 1.55. The highest BCUT2D eigenvalue weighted by molar-refractivity contribution is 5.28. The number of ether oxygens (including phenoxy) is 1. The summed E-state index contributed by atoms with van der Waals surface area (Å²) in [5.74, 6) is -0.319. The molecule has 0 spiro atoms. The number of alkyl halides is 4. The van der Waals surface area contributed by atoms with E-state index >= 15 is 0 Å². The largest absolute Gasteiger partial charge is 0.573 e. The van der Waals surface area contributed by atoms with Gasteiger partial charge in [0.25, 0.3) is 0 Å². The Morgan fingerprint density at radius 3 is 2.06 bits per heavy atom. The third kappa shape index (κ3) is 4.52. The third-order valence-electron chi connectivity index (χ3n) is 2.68. The molecule has 0 bridgehead atoms. The molecule has 1 atom stereocenters. The van der Waals surface area contributed by atoms with E-state index < -0.39 is 12.0 Å². The Morgan fingerprint density at radius 1 is 1.11 bits per heavy atom. The van der Waals surface area contributed by atoms with Gasteiger partial charge in [-0.05, 0) is 24.1 Å². The van der Waals surface area contributed by atoms with Crippen LogP contribution in [0.2, 0.25) is 0 Å². The van der Waals surface area contributed by atoms with E-state index in [-0.39, 0.29) is 25.1 Å². The Kier molecular flexibility index (Phi) is 4.56. The summed E-state index contributed by atoms with van der Waals surface area (Å²) >= 11 is 0. The van der Waals surface area contributed by atoms with Gasteiger partial charge in [-0.2, -0.15) is 0 Å². The lowest BCUT2D eigenvalue weighted by Gasteiger charge is -2.21. The first kappa shape index (κ1) is 14.8. The summed E-state index contributed by atoms with van der Waals surface area (Å²) in [6.07, 6.45) is -4.39. The number of rotatable bonds is 5. The maximum atomic E-state index is 14.0. The molecule has 0 heterocycles. The molecule has 1 aromatic carbocycles. The minimum atomic E-state index is -4.72. The predicted octanol–water partition coefficient (Wildman–Crippen LogP) is 3.20. The average Bonchev–Trinajstić information content (AvgIpc) is 2.30. The van der Waals surface area contributed by atoms with Crippen molar-refractivity contribution in [1.29, 1.82) is 0 Å². The molecule has 0 aliphatic carbocycles. The Labute approximate surface area is 103 Å². The van der Waals surface area contributed by atoms with Gasteiger partial charge in [0.1, 0.15) is 11.4 Å². The predicted molar refractivity (Wildman–Crippen MR) is 60.0 cm³/mol. The number of hydrogen-bond donors (Lipinski definition) is 1. The minimum absolute atomic E-state index is 0.0757. The van der Waals surface area contributed by atoms with Gasteiger partial charge in [0, 0.05) is 13.0 Å². The van der Waals surface area contributed by atoms with Gasteiger partial charge in [-0.15, -0.1) is 13.2 Å². The van der Waals surface area contributed by atoms with Crippen molar-refractivity contribution in [1.82, 2.24) is 0 Å². The Bertz CT molecular complexity index is 371. The van der Waals surface area contributed by atoms with E-state index in [0.29, 0.717) is 5.56 Å². The molecule has 0 aliphatic heterocycles. The van der Waals surface area contributed by atoms with Crippen LogP contribution in [0, 0.1) is 0 Å². The molecule has 2 nitrogen and oxygen atoms in total. The Hall–Kier alpha value is -1.30. The molecule has 0 saturated heterocycles. The fourth-order valence-electron chi connectivity index (χ4n) is 1.52. The van der Waals surface area contributed by atoms with Crippen LogP contribution in [0.5, 0.6) is 5.75 Å². The van der Waals surface area contributed by atoms with Crippen LogP contribution in [0.3, 0.4) is 0 Å². The van der Waals surface area contributed by atoms with E-state index in [2.05, 4.69) is 4.74 Å². The van der Waals surface area contributed by atoms with Gasteiger partial charge < -0.3 is 10.5 Å². The van der Waals surface area contributed by atoms with Crippen molar-refractivity contribution in [3.05, 3.63) is 29.8 Å². The first-order chi connectivity index (χ1) is 8.28. The quantitative estimate of drug-likeness (QED) is 0.830. The lowest BCUT2D eigenvalue weighted by Crippen LogP contribution is -2.34. The first-order valence-electron chi connectivity index (χ1n) is 5.52. The van der Waals surface area contributed by atoms with E-state index in [1.807, 2.05) is 0 Å². The van der Waals surface area contributed by atoms with Crippen LogP contribution in [0.1, 0.15) is 18.9 Å². The zero-order chi connectivity index (χ0) is 13.8. The summed E-state index contributed by atoms with van der Waals surface area (Å²) in [6, 6.07) is 5.13. The third-order valence-corrected chi connectivity index (χ3v) is 2.68. The number of halogens is 4. The molecule has 6 heteroatoms.